The molecule has 7 heteroatoms. The Kier molecular flexibility index (Phi) is 5.84. The summed E-state index contributed by atoms with van der Waals surface area (Å²) in [5.74, 6) is 0. The molecule has 0 amide bonds. The van der Waals surface area contributed by atoms with Gasteiger partial charge in [-0.15, -0.1) is 5.10 Å². The van der Waals surface area contributed by atoms with Crippen molar-refractivity contribution in [1.29, 1.82) is 0 Å². The van der Waals surface area contributed by atoms with Gasteiger partial charge in [0.15, 0.2) is 0 Å². The lowest BCUT2D eigenvalue weighted by atomic mass is 10.2. The summed E-state index contributed by atoms with van der Waals surface area (Å²) >= 11 is 3.46. The largest absolute Gasteiger partial charge is 0.286 e. The molecule has 0 radical (unpaired) electrons. The van der Waals surface area contributed by atoms with Gasteiger partial charge in [-0.25, -0.2) is 4.68 Å². The van der Waals surface area contributed by atoms with E-state index in [1.807, 2.05) is 79.3 Å². The third-order valence-electron chi connectivity index (χ3n) is 4.24. The van der Waals surface area contributed by atoms with Gasteiger partial charge in [0.2, 0.25) is 0 Å². The van der Waals surface area contributed by atoms with Gasteiger partial charge in [-0.05, 0) is 48.5 Å². The van der Waals surface area contributed by atoms with Gasteiger partial charge in [-0.3, -0.25) is 14.9 Å². The summed E-state index contributed by atoms with van der Waals surface area (Å²) in [5.41, 5.74) is 3.90. The van der Waals surface area contributed by atoms with Crippen LogP contribution in [0, 0.1) is 0 Å². The second kappa shape index (κ2) is 8.86. The highest BCUT2D eigenvalue weighted by Crippen LogP contribution is 2.15. The van der Waals surface area contributed by atoms with E-state index >= 15 is 0 Å². The second-order valence-corrected chi connectivity index (χ2v) is 7.33. The van der Waals surface area contributed by atoms with Crippen molar-refractivity contribution in [3.8, 4) is 5.69 Å². The number of hydrogen-bond acceptors (Lipinski definition) is 5. The number of pyridine rings is 2. The normalized spacial score (nSPS) is 11.1. The molecule has 0 aliphatic rings. The van der Waals surface area contributed by atoms with E-state index in [4.69, 9.17) is 0 Å². The summed E-state index contributed by atoms with van der Waals surface area (Å²) < 4.78 is 2.83. The summed E-state index contributed by atoms with van der Waals surface area (Å²) in [6.07, 6.45) is 5.60. The molecular weight excluding hydrogens is 416 g/mol. The quantitative estimate of drug-likeness (QED) is 0.439. The SMILES string of the molecule is Brc1ccc(-n2cc(CN(Cc3ccccn3)Cc3ccccn3)nn2)cc1. The first-order valence-electron chi connectivity index (χ1n) is 8.95. The molecule has 0 aliphatic carbocycles. The van der Waals surface area contributed by atoms with Crippen molar-refractivity contribution in [3.63, 3.8) is 0 Å². The van der Waals surface area contributed by atoms with Crippen molar-refractivity contribution in [2.24, 2.45) is 0 Å². The van der Waals surface area contributed by atoms with Crippen LogP contribution in [0.25, 0.3) is 5.69 Å². The van der Waals surface area contributed by atoms with Crippen molar-refractivity contribution in [2.45, 2.75) is 19.6 Å². The monoisotopic (exact) mass is 434 g/mol. The predicted octanol–water partition coefficient (Wildman–Crippen LogP) is 4.02. The molecule has 0 unspecified atom stereocenters. The second-order valence-electron chi connectivity index (χ2n) is 6.42. The highest BCUT2D eigenvalue weighted by Gasteiger charge is 2.12. The van der Waals surface area contributed by atoms with Crippen molar-refractivity contribution in [3.05, 3.63) is 101 Å². The van der Waals surface area contributed by atoms with Crippen LogP contribution in [-0.4, -0.2) is 29.9 Å². The fourth-order valence-electron chi connectivity index (χ4n) is 2.93. The molecule has 0 bridgehead atoms. The van der Waals surface area contributed by atoms with Crippen LogP contribution < -0.4 is 0 Å². The van der Waals surface area contributed by atoms with Crippen LogP contribution in [0.15, 0.2) is 83.7 Å². The molecule has 0 spiro atoms. The Labute approximate surface area is 172 Å². The number of nitrogens with zero attached hydrogens (tertiary/aromatic N) is 6. The Bertz CT molecular complexity index is 961. The Morgan fingerprint density at radius 3 is 1.93 bits per heavy atom. The molecule has 3 aromatic heterocycles. The third kappa shape index (κ3) is 4.88. The number of aromatic nitrogens is 5. The molecule has 4 rings (SSSR count). The van der Waals surface area contributed by atoms with Crippen LogP contribution in [0.4, 0.5) is 0 Å². The van der Waals surface area contributed by atoms with Crippen molar-refractivity contribution >= 4 is 15.9 Å². The molecule has 140 valence electrons. The molecule has 3 heterocycles. The topological polar surface area (TPSA) is 59.7 Å². The van der Waals surface area contributed by atoms with Crippen molar-refractivity contribution < 1.29 is 0 Å². The van der Waals surface area contributed by atoms with E-state index in [1.54, 1.807) is 4.68 Å². The average molecular weight is 435 g/mol. The molecule has 0 saturated heterocycles. The Morgan fingerprint density at radius 2 is 1.36 bits per heavy atom. The highest BCUT2D eigenvalue weighted by molar-refractivity contribution is 9.10. The van der Waals surface area contributed by atoms with Crippen LogP contribution in [0.2, 0.25) is 0 Å². The smallest absolute Gasteiger partial charge is 0.0972 e. The van der Waals surface area contributed by atoms with E-state index in [2.05, 4.69) is 41.1 Å². The van der Waals surface area contributed by atoms with Gasteiger partial charge in [-0.1, -0.05) is 33.3 Å². The maximum atomic E-state index is 4.46. The van der Waals surface area contributed by atoms with Crippen LogP contribution in [0.1, 0.15) is 17.1 Å². The zero-order valence-corrected chi connectivity index (χ0v) is 16.8. The minimum atomic E-state index is 0.656. The number of hydrogen-bond donors (Lipinski definition) is 0. The first-order valence-corrected chi connectivity index (χ1v) is 9.75. The van der Waals surface area contributed by atoms with E-state index in [1.165, 1.54) is 0 Å². The Hall–Kier alpha value is -2.90. The van der Waals surface area contributed by atoms with Crippen molar-refractivity contribution in [1.82, 2.24) is 29.9 Å². The van der Waals surface area contributed by atoms with E-state index in [-0.39, 0.29) is 0 Å². The molecular formula is C21H19BrN6. The summed E-state index contributed by atoms with van der Waals surface area (Å²) in [6.45, 7) is 2.08. The third-order valence-corrected chi connectivity index (χ3v) is 4.77. The molecule has 4 aromatic rings. The first-order chi connectivity index (χ1) is 13.8. The van der Waals surface area contributed by atoms with E-state index < -0.39 is 0 Å². The van der Waals surface area contributed by atoms with Gasteiger partial charge >= 0.3 is 0 Å². The summed E-state index contributed by atoms with van der Waals surface area (Å²) in [5, 5.41) is 8.63. The Morgan fingerprint density at radius 1 is 0.750 bits per heavy atom. The predicted molar refractivity (Wildman–Crippen MR) is 110 cm³/mol. The van der Waals surface area contributed by atoms with Gasteiger partial charge in [-0.2, -0.15) is 0 Å². The van der Waals surface area contributed by atoms with Crippen molar-refractivity contribution in [2.75, 3.05) is 0 Å². The maximum Gasteiger partial charge on any atom is 0.0972 e. The van der Waals surface area contributed by atoms with E-state index in [9.17, 15) is 0 Å². The fourth-order valence-corrected chi connectivity index (χ4v) is 3.19. The molecule has 0 atom stereocenters. The summed E-state index contributed by atoms with van der Waals surface area (Å²) in [6, 6.07) is 19.9. The molecule has 0 fully saturated rings. The van der Waals surface area contributed by atoms with Gasteiger partial charge in [0.25, 0.3) is 0 Å². The lowest BCUT2D eigenvalue weighted by Gasteiger charge is -2.20. The molecule has 28 heavy (non-hydrogen) atoms. The van der Waals surface area contributed by atoms with Crippen LogP contribution in [0.3, 0.4) is 0 Å². The van der Waals surface area contributed by atoms with Gasteiger partial charge in [0.05, 0.1) is 29.0 Å². The number of halogens is 1. The maximum absolute atomic E-state index is 4.46. The number of benzene rings is 1. The van der Waals surface area contributed by atoms with E-state index in [0.717, 1.165) is 27.2 Å². The summed E-state index contributed by atoms with van der Waals surface area (Å²) in [4.78, 5) is 11.2. The van der Waals surface area contributed by atoms with Crippen LogP contribution >= 0.6 is 15.9 Å². The molecule has 0 aliphatic heterocycles. The van der Waals surface area contributed by atoms with Gasteiger partial charge in [0, 0.05) is 36.5 Å². The lowest BCUT2D eigenvalue weighted by Crippen LogP contribution is -2.23. The van der Waals surface area contributed by atoms with Crippen LogP contribution in [0.5, 0.6) is 0 Å². The number of rotatable bonds is 7. The van der Waals surface area contributed by atoms with E-state index in [0.29, 0.717) is 19.6 Å². The molecule has 1 aromatic carbocycles. The standard InChI is InChI=1S/C21H19BrN6/c22-17-7-9-21(10-8-17)28-16-20(25-26-28)15-27(13-18-5-1-3-11-23-18)14-19-6-2-4-12-24-19/h1-12,16H,13-15H2. The van der Waals surface area contributed by atoms with Crippen LogP contribution in [-0.2, 0) is 19.6 Å². The zero-order valence-electron chi connectivity index (χ0n) is 15.2. The summed E-state index contributed by atoms with van der Waals surface area (Å²) in [7, 11) is 0. The molecule has 0 saturated carbocycles. The first kappa shape index (κ1) is 18.5. The molecule has 0 N–H and O–H groups in total. The lowest BCUT2D eigenvalue weighted by molar-refractivity contribution is 0.238. The highest BCUT2D eigenvalue weighted by atomic mass is 79.9. The zero-order chi connectivity index (χ0) is 19.2. The Balaban J connectivity index is 1.52. The minimum absolute atomic E-state index is 0.656. The van der Waals surface area contributed by atoms with Gasteiger partial charge in [0.1, 0.15) is 0 Å². The fraction of sp³-hybridized carbons (Fsp3) is 0.143. The molecule has 6 nitrogen and oxygen atoms in total. The van der Waals surface area contributed by atoms with Gasteiger partial charge < -0.3 is 0 Å². The minimum Gasteiger partial charge on any atom is -0.286 e. The average Bonchev–Trinajstić information content (AvgIpc) is 3.18.